The third-order valence-corrected chi connectivity index (χ3v) is 6.05. The molecule has 0 radical (unpaired) electrons. The number of hydrogen-bond donors (Lipinski definition) is 1. The van der Waals surface area contributed by atoms with E-state index in [2.05, 4.69) is 46.7 Å². The summed E-state index contributed by atoms with van der Waals surface area (Å²) in [6.07, 6.45) is 1.77. The molecule has 0 aliphatic carbocycles. The smallest absolute Gasteiger partial charge is 0.317 e. The van der Waals surface area contributed by atoms with Crippen molar-refractivity contribution in [1.82, 2.24) is 4.98 Å². The van der Waals surface area contributed by atoms with Crippen LogP contribution in [0.1, 0.15) is 28.8 Å². The molecule has 3 heterocycles. The van der Waals surface area contributed by atoms with E-state index < -0.39 is 5.92 Å². The molecule has 0 spiro atoms. The number of aromatic nitrogens is 1. The molecule has 29 heavy (non-hydrogen) atoms. The Bertz CT molecular complexity index is 1250. The lowest BCUT2D eigenvalue weighted by Gasteiger charge is -2.42. The molecular formula is C25H18N2O2. The van der Waals surface area contributed by atoms with E-state index >= 15 is 0 Å². The van der Waals surface area contributed by atoms with Crippen molar-refractivity contribution in [3.63, 3.8) is 0 Å². The second-order valence-electron chi connectivity index (χ2n) is 7.59. The first-order chi connectivity index (χ1) is 14.3. The molecule has 6 rings (SSSR count). The Kier molecular flexibility index (Phi) is 3.47. The lowest BCUT2D eigenvalue weighted by Crippen LogP contribution is -2.42. The molecular weight excluding hydrogens is 360 g/mol. The highest BCUT2D eigenvalue weighted by Crippen LogP contribution is 2.54. The van der Waals surface area contributed by atoms with Gasteiger partial charge in [0.05, 0.1) is 17.7 Å². The van der Waals surface area contributed by atoms with Crippen molar-refractivity contribution in [2.24, 2.45) is 5.92 Å². The number of carbonyl (C=O) groups is 1. The average molecular weight is 378 g/mol. The topological polar surface area (TPSA) is 51.2 Å². The first-order valence-electron chi connectivity index (χ1n) is 9.81. The standard InChI is InChI=1S/C25H18N2O2/c28-25-23-22(17-9-3-4-11-20(17)29-25)21-16-8-2-1-7-15(16)12-13-18(21)27-24(23)19-10-5-6-14-26-19/h1-14,22-24,27H. The van der Waals surface area contributed by atoms with Crippen LogP contribution in [-0.4, -0.2) is 11.0 Å². The van der Waals surface area contributed by atoms with Gasteiger partial charge in [-0.2, -0.15) is 0 Å². The third kappa shape index (κ3) is 2.39. The van der Waals surface area contributed by atoms with Crippen LogP contribution in [0, 0.1) is 5.92 Å². The number of benzene rings is 3. The van der Waals surface area contributed by atoms with Gasteiger partial charge in [0.1, 0.15) is 5.75 Å². The monoisotopic (exact) mass is 378 g/mol. The van der Waals surface area contributed by atoms with Crippen LogP contribution in [-0.2, 0) is 4.79 Å². The van der Waals surface area contributed by atoms with Crippen molar-refractivity contribution in [3.05, 3.63) is 102 Å². The molecule has 140 valence electrons. The lowest BCUT2D eigenvalue weighted by molar-refractivity contribution is -0.141. The van der Waals surface area contributed by atoms with Crippen molar-refractivity contribution in [2.75, 3.05) is 5.32 Å². The Morgan fingerprint density at radius 3 is 2.59 bits per heavy atom. The van der Waals surface area contributed by atoms with Crippen LogP contribution >= 0.6 is 0 Å². The number of fused-ring (bicyclic) bond motifs is 7. The number of anilines is 1. The van der Waals surface area contributed by atoms with E-state index in [1.807, 2.05) is 42.5 Å². The molecule has 4 nitrogen and oxygen atoms in total. The van der Waals surface area contributed by atoms with Crippen LogP contribution in [0.4, 0.5) is 5.69 Å². The zero-order valence-corrected chi connectivity index (χ0v) is 15.6. The molecule has 1 N–H and O–H groups in total. The van der Waals surface area contributed by atoms with Crippen LogP contribution in [0.25, 0.3) is 10.8 Å². The maximum Gasteiger partial charge on any atom is 0.317 e. The second-order valence-corrected chi connectivity index (χ2v) is 7.59. The van der Waals surface area contributed by atoms with Gasteiger partial charge in [-0.1, -0.05) is 54.6 Å². The number of nitrogens with zero attached hydrogens (tertiary/aromatic N) is 1. The van der Waals surface area contributed by atoms with E-state index in [4.69, 9.17) is 4.74 Å². The summed E-state index contributed by atoms with van der Waals surface area (Å²) in [7, 11) is 0. The molecule has 0 saturated heterocycles. The summed E-state index contributed by atoms with van der Waals surface area (Å²) in [5.74, 6) is -0.0466. The molecule has 0 bridgehead atoms. The summed E-state index contributed by atoms with van der Waals surface area (Å²) in [6.45, 7) is 0. The fourth-order valence-electron chi connectivity index (χ4n) is 4.83. The van der Waals surface area contributed by atoms with Gasteiger partial charge in [-0.15, -0.1) is 0 Å². The zero-order chi connectivity index (χ0) is 19.4. The molecule has 4 heteroatoms. The maximum atomic E-state index is 13.2. The van der Waals surface area contributed by atoms with Crippen LogP contribution in [0.2, 0.25) is 0 Å². The lowest BCUT2D eigenvalue weighted by atomic mass is 9.70. The Hall–Kier alpha value is -3.66. The molecule has 2 aliphatic heterocycles. The van der Waals surface area contributed by atoms with E-state index in [0.717, 1.165) is 27.9 Å². The highest BCUT2D eigenvalue weighted by Gasteiger charge is 2.48. The Balaban J connectivity index is 1.67. The summed E-state index contributed by atoms with van der Waals surface area (Å²) < 4.78 is 5.77. The Morgan fingerprint density at radius 2 is 1.69 bits per heavy atom. The largest absolute Gasteiger partial charge is 0.426 e. The minimum absolute atomic E-state index is 0.0955. The molecule has 0 saturated carbocycles. The summed E-state index contributed by atoms with van der Waals surface area (Å²) in [4.78, 5) is 17.8. The first kappa shape index (κ1) is 16.3. The van der Waals surface area contributed by atoms with Gasteiger partial charge in [-0.3, -0.25) is 9.78 Å². The van der Waals surface area contributed by atoms with Gasteiger partial charge in [0.2, 0.25) is 0 Å². The normalized spacial score (nSPS) is 22.1. The van der Waals surface area contributed by atoms with E-state index in [1.54, 1.807) is 6.20 Å². The number of hydrogen-bond acceptors (Lipinski definition) is 4. The molecule has 4 aromatic rings. The number of rotatable bonds is 1. The predicted octanol–water partition coefficient (Wildman–Crippen LogP) is 5.07. The summed E-state index contributed by atoms with van der Waals surface area (Å²) in [6, 6.07) is 26.0. The number of esters is 1. The van der Waals surface area contributed by atoms with Crippen molar-refractivity contribution >= 4 is 22.4 Å². The number of pyridine rings is 1. The second kappa shape index (κ2) is 6.17. The van der Waals surface area contributed by atoms with Crippen molar-refractivity contribution in [3.8, 4) is 5.75 Å². The predicted molar refractivity (Wildman–Crippen MR) is 112 cm³/mol. The minimum atomic E-state index is -0.391. The van der Waals surface area contributed by atoms with Gasteiger partial charge in [-0.25, -0.2) is 0 Å². The van der Waals surface area contributed by atoms with Crippen LogP contribution in [0.3, 0.4) is 0 Å². The van der Waals surface area contributed by atoms with Crippen LogP contribution in [0.5, 0.6) is 5.75 Å². The van der Waals surface area contributed by atoms with Gasteiger partial charge in [0, 0.05) is 23.4 Å². The first-order valence-corrected chi connectivity index (χ1v) is 9.81. The minimum Gasteiger partial charge on any atom is -0.426 e. The average Bonchev–Trinajstić information content (AvgIpc) is 2.78. The van der Waals surface area contributed by atoms with Gasteiger partial charge >= 0.3 is 5.97 Å². The fraction of sp³-hybridized carbons (Fsp3) is 0.120. The highest BCUT2D eigenvalue weighted by molar-refractivity contribution is 5.95. The number of ether oxygens (including phenoxy) is 1. The summed E-state index contributed by atoms with van der Waals surface area (Å²) in [5.41, 5.74) is 4.10. The number of carbonyl (C=O) groups excluding carboxylic acids is 1. The van der Waals surface area contributed by atoms with E-state index in [1.165, 1.54) is 5.39 Å². The van der Waals surface area contributed by atoms with E-state index in [9.17, 15) is 4.79 Å². The van der Waals surface area contributed by atoms with Crippen molar-refractivity contribution in [1.29, 1.82) is 0 Å². The Labute approximate surface area is 168 Å². The van der Waals surface area contributed by atoms with Gasteiger partial charge < -0.3 is 10.1 Å². The highest BCUT2D eigenvalue weighted by atomic mass is 16.5. The summed E-state index contributed by atoms with van der Waals surface area (Å²) >= 11 is 0. The molecule has 0 fully saturated rings. The molecule has 3 unspecified atom stereocenters. The van der Waals surface area contributed by atoms with Gasteiger partial charge in [0.15, 0.2) is 0 Å². The number of nitrogens with one attached hydrogen (secondary N) is 1. The fourth-order valence-corrected chi connectivity index (χ4v) is 4.83. The van der Waals surface area contributed by atoms with Crippen LogP contribution < -0.4 is 10.1 Å². The van der Waals surface area contributed by atoms with Crippen LogP contribution in [0.15, 0.2) is 85.1 Å². The van der Waals surface area contributed by atoms with Crippen molar-refractivity contribution < 1.29 is 9.53 Å². The SMILES string of the molecule is O=C1Oc2ccccc2C2c3c(ccc4ccccc34)NC(c3ccccn3)C12. The molecule has 3 atom stereocenters. The molecule has 2 aliphatic rings. The molecule has 1 aromatic heterocycles. The van der Waals surface area contributed by atoms with E-state index in [-0.39, 0.29) is 17.9 Å². The molecule has 3 aromatic carbocycles. The maximum absolute atomic E-state index is 13.2. The summed E-state index contributed by atoms with van der Waals surface area (Å²) in [5, 5.41) is 5.93. The van der Waals surface area contributed by atoms with Crippen molar-refractivity contribution in [2.45, 2.75) is 12.0 Å². The third-order valence-electron chi connectivity index (χ3n) is 6.05. The molecule has 0 amide bonds. The van der Waals surface area contributed by atoms with Gasteiger partial charge in [0.25, 0.3) is 0 Å². The number of para-hydroxylation sites is 1. The van der Waals surface area contributed by atoms with E-state index in [0.29, 0.717) is 5.75 Å². The quantitative estimate of drug-likeness (QED) is 0.371. The van der Waals surface area contributed by atoms with Gasteiger partial charge in [-0.05, 0) is 40.6 Å². The Morgan fingerprint density at radius 1 is 0.862 bits per heavy atom. The zero-order valence-electron chi connectivity index (χ0n) is 15.6.